The number of carbonyl (C=O) groups excluding carboxylic acids is 1. The fraction of sp³-hybridized carbons (Fsp3) is 0.923. The summed E-state index contributed by atoms with van der Waals surface area (Å²) in [5.41, 5.74) is 0. The van der Waals surface area contributed by atoms with Gasteiger partial charge in [0.25, 0.3) is 0 Å². The minimum absolute atomic E-state index is 0.0717. The predicted octanol–water partition coefficient (Wildman–Crippen LogP) is -0.684. The van der Waals surface area contributed by atoms with Crippen LogP contribution >= 0.6 is 0 Å². The smallest absolute Gasteiger partial charge is 0.224 e. The van der Waals surface area contributed by atoms with Crippen molar-refractivity contribution in [2.45, 2.75) is 31.8 Å². The summed E-state index contributed by atoms with van der Waals surface area (Å²) >= 11 is 0. The van der Waals surface area contributed by atoms with Gasteiger partial charge in [0.2, 0.25) is 5.91 Å². The molecule has 0 aromatic carbocycles. The minimum atomic E-state index is -2.98. The van der Waals surface area contributed by atoms with Crippen LogP contribution in [0.3, 0.4) is 0 Å². The highest BCUT2D eigenvalue weighted by molar-refractivity contribution is 7.91. The van der Waals surface area contributed by atoms with E-state index in [1.54, 1.807) is 0 Å². The maximum absolute atomic E-state index is 12.4. The Morgan fingerprint density at radius 2 is 2.10 bits per heavy atom. The molecular formula is C13H25N3O3S. The molecular weight excluding hydrogens is 278 g/mol. The van der Waals surface area contributed by atoms with E-state index >= 15 is 0 Å². The summed E-state index contributed by atoms with van der Waals surface area (Å²) in [7, 11) is -0.910. The molecule has 1 N–H and O–H groups in total. The van der Waals surface area contributed by atoms with Crippen LogP contribution in [-0.4, -0.2) is 80.9 Å². The summed E-state index contributed by atoms with van der Waals surface area (Å²) in [5.74, 6) is 0.339. The van der Waals surface area contributed by atoms with Gasteiger partial charge in [-0.3, -0.25) is 4.79 Å². The van der Waals surface area contributed by atoms with Crippen molar-refractivity contribution >= 4 is 15.7 Å². The lowest BCUT2D eigenvalue weighted by molar-refractivity contribution is -0.133. The van der Waals surface area contributed by atoms with E-state index in [-0.39, 0.29) is 35.9 Å². The predicted molar refractivity (Wildman–Crippen MR) is 78.4 cm³/mol. The van der Waals surface area contributed by atoms with Crippen LogP contribution in [0.1, 0.15) is 19.8 Å². The quantitative estimate of drug-likeness (QED) is 0.732. The van der Waals surface area contributed by atoms with Gasteiger partial charge in [-0.2, -0.15) is 0 Å². The first-order valence-corrected chi connectivity index (χ1v) is 9.11. The number of rotatable bonds is 2. The molecule has 2 unspecified atom stereocenters. The van der Waals surface area contributed by atoms with Crippen LogP contribution in [0.5, 0.6) is 0 Å². The SMILES string of the molecule is CC1CN(C)CCCN1C(=O)CC1CS(=O)(=O)CCN1. The van der Waals surface area contributed by atoms with Gasteiger partial charge in [0, 0.05) is 38.1 Å². The molecule has 0 saturated carbocycles. The molecule has 2 aliphatic rings. The number of nitrogens with one attached hydrogen (secondary N) is 1. The monoisotopic (exact) mass is 303 g/mol. The average Bonchev–Trinajstić information content (AvgIpc) is 2.48. The van der Waals surface area contributed by atoms with Gasteiger partial charge in [-0.15, -0.1) is 0 Å². The van der Waals surface area contributed by atoms with E-state index < -0.39 is 9.84 Å². The highest BCUT2D eigenvalue weighted by atomic mass is 32.2. The van der Waals surface area contributed by atoms with E-state index in [9.17, 15) is 13.2 Å². The standard InChI is InChI=1S/C13H25N3O3S/c1-11-9-15(2)5-3-6-16(11)13(17)8-12-10-20(18,19)7-4-14-12/h11-12,14H,3-10H2,1-2H3. The van der Waals surface area contributed by atoms with Crippen LogP contribution < -0.4 is 5.32 Å². The van der Waals surface area contributed by atoms with Crippen molar-refractivity contribution in [3.8, 4) is 0 Å². The molecule has 7 heteroatoms. The van der Waals surface area contributed by atoms with Crippen molar-refractivity contribution in [2.24, 2.45) is 0 Å². The molecule has 0 spiro atoms. The Labute approximate surface area is 121 Å². The molecule has 0 radical (unpaired) electrons. The topological polar surface area (TPSA) is 69.7 Å². The van der Waals surface area contributed by atoms with Crippen LogP contribution in [-0.2, 0) is 14.6 Å². The van der Waals surface area contributed by atoms with E-state index in [4.69, 9.17) is 0 Å². The summed E-state index contributed by atoms with van der Waals surface area (Å²) in [5, 5.41) is 3.15. The molecule has 0 aromatic rings. The molecule has 2 rings (SSSR count). The zero-order chi connectivity index (χ0) is 14.8. The number of carbonyl (C=O) groups is 1. The highest BCUT2D eigenvalue weighted by Gasteiger charge is 2.30. The molecule has 2 atom stereocenters. The third-order valence-corrected chi connectivity index (χ3v) is 5.83. The van der Waals surface area contributed by atoms with Gasteiger partial charge in [0.05, 0.1) is 11.5 Å². The first-order valence-electron chi connectivity index (χ1n) is 7.29. The summed E-state index contributed by atoms with van der Waals surface area (Å²) in [6.45, 7) is 5.17. The average molecular weight is 303 g/mol. The molecule has 0 bridgehead atoms. The molecule has 116 valence electrons. The van der Waals surface area contributed by atoms with Gasteiger partial charge >= 0.3 is 0 Å². The number of amides is 1. The van der Waals surface area contributed by atoms with E-state index in [0.29, 0.717) is 6.54 Å². The van der Waals surface area contributed by atoms with Crippen molar-refractivity contribution in [2.75, 3.05) is 44.7 Å². The van der Waals surface area contributed by atoms with E-state index in [1.807, 2.05) is 4.90 Å². The Kier molecular flexibility index (Phi) is 5.04. The molecule has 2 fully saturated rings. The van der Waals surface area contributed by atoms with Gasteiger partial charge in [-0.25, -0.2) is 8.42 Å². The zero-order valence-electron chi connectivity index (χ0n) is 12.3. The maximum Gasteiger partial charge on any atom is 0.224 e. The van der Waals surface area contributed by atoms with Crippen LogP contribution in [0, 0.1) is 0 Å². The molecule has 2 aliphatic heterocycles. The van der Waals surface area contributed by atoms with Crippen molar-refractivity contribution in [1.29, 1.82) is 0 Å². The van der Waals surface area contributed by atoms with E-state index in [0.717, 1.165) is 26.1 Å². The summed E-state index contributed by atoms with van der Waals surface area (Å²) in [6.07, 6.45) is 1.26. The fourth-order valence-electron chi connectivity index (χ4n) is 3.07. The summed E-state index contributed by atoms with van der Waals surface area (Å²) in [6, 6.07) is -0.0374. The Balaban J connectivity index is 1.93. The van der Waals surface area contributed by atoms with E-state index in [2.05, 4.69) is 24.2 Å². The van der Waals surface area contributed by atoms with Gasteiger partial charge in [0.15, 0.2) is 9.84 Å². The zero-order valence-corrected chi connectivity index (χ0v) is 13.2. The van der Waals surface area contributed by atoms with Crippen LogP contribution in [0.4, 0.5) is 0 Å². The Morgan fingerprint density at radius 3 is 2.80 bits per heavy atom. The Hall–Kier alpha value is -0.660. The molecule has 2 heterocycles. The number of hydrogen-bond acceptors (Lipinski definition) is 5. The van der Waals surface area contributed by atoms with Crippen LogP contribution in [0.25, 0.3) is 0 Å². The first kappa shape index (κ1) is 15.7. The second-order valence-electron chi connectivity index (χ2n) is 6.02. The second-order valence-corrected chi connectivity index (χ2v) is 8.25. The van der Waals surface area contributed by atoms with Gasteiger partial charge < -0.3 is 15.1 Å². The second kappa shape index (κ2) is 6.41. The molecule has 6 nitrogen and oxygen atoms in total. The third kappa shape index (κ3) is 4.17. The lowest BCUT2D eigenvalue weighted by Gasteiger charge is -2.31. The van der Waals surface area contributed by atoms with E-state index in [1.165, 1.54) is 0 Å². The first-order chi connectivity index (χ1) is 9.37. The lowest BCUT2D eigenvalue weighted by atomic mass is 10.1. The molecule has 2 saturated heterocycles. The van der Waals surface area contributed by atoms with Crippen molar-refractivity contribution in [3.05, 3.63) is 0 Å². The van der Waals surface area contributed by atoms with Gasteiger partial charge in [0.1, 0.15) is 0 Å². The van der Waals surface area contributed by atoms with Crippen molar-refractivity contribution in [3.63, 3.8) is 0 Å². The molecule has 1 amide bonds. The van der Waals surface area contributed by atoms with Crippen molar-refractivity contribution in [1.82, 2.24) is 15.1 Å². The highest BCUT2D eigenvalue weighted by Crippen LogP contribution is 2.13. The minimum Gasteiger partial charge on any atom is -0.339 e. The van der Waals surface area contributed by atoms with Gasteiger partial charge in [-0.1, -0.05) is 0 Å². The largest absolute Gasteiger partial charge is 0.339 e. The van der Waals surface area contributed by atoms with Gasteiger partial charge in [-0.05, 0) is 26.9 Å². The normalized spacial score (nSPS) is 31.8. The molecule has 20 heavy (non-hydrogen) atoms. The Morgan fingerprint density at radius 1 is 1.35 bits per heavy atom. The van der Waals surface area contributed by atoms with Crippen molar-refractivity contribution < 1.29 is 13.2 Å². The summed E-state index contributed by atoms with van der Waals surface area (Å²) < 4.78 is 23.2. The lowest BCUT2D eigenvalue weighted by Crippen LogP contribution is -2.49. The maximum atomic E-state index is 12.4. The summed E-state index contributed by atoms with van der Waals surface area (Å²) in [4.78, 5) is 16.6. The number of sulfone groups is 1. The molecule has 0 aromatic heterocycles. The number of hydrogen-bond donors (Lipinski definition) is 1. The molecule has 0 aliphatic carbocycles. The third-order valence-electron chi connectivity index (χ3n) is 4.09. The fourth-order valence-corrected chi connectivity index (χ4v) is 4.51. The van der Waals surface area contributed by atoms with Crippen LogP contribution in [0.15, 0.2) is 0 Å². The van der Waals surface area contributed by atoms with Crippen LogP contribution in [0.2, 0.25) is 0 Å². The Bertz CT molecular complexity index is 452. The number of nitrogens with zero attached hydrogens (tertiary/aromatic N) is 2. The number of likely N-dealkylation sites (N-methyl/N-ethyl adjacent to an activating group) is 1.